The summed E-state index contributed by atoms with van der Waals surface area (Å²) < 4.78 is 0. The third-order valence-corrected chi connectivity index (χ3v) is 5.48. The molecule has 1 aliphatic carbocycles. The number of nitrogens with one attached hydrogen (secondary N) is 1. The molecule has 1 aliphatic heterocycles. The van der Waals surface area contributed by atoms with Crippen LogP contribution in [-0.4, -0.2) is 34.3 Å². The summed E-state index contributed by atoms with van der Waals surface area (Å²) in [7, 11) is 0. The van der Waals surface area contributed by atoms with E-state index in [4.69, 9.17) is 11.6 Å². The van der Waals surface area contributed by atoms with Crippen molar-refractivity contribution in [2.75, 3.05) is 6.54 Å². The first-order valence-corrected chi connectivity index (χ1v) is 9.16. The van der Waals surface area contributed by atoms with Gasteiger partial charge in [0, 0.05) is 10.6 Å². The van der Waals surface area contributed by atoms with E-state index in [1.807, 2.05) is 12.1 Å². The molecule has 0 bridgehead atoms. The molecule has 1 saturated carbocycles. The quantitative estimate of drug-likeness (QED) is 0.823. The van der Waals surface area contributed by atoms with Gasteiger partial charge in [0.25, 0.3) is 11.8 Å². The monoisotopic (exact) mass is 383 g/mol. The van der Waals surface area contributed by atoms with Crippen LogP contribution in [0.3, 0.4) is 0 Å². The molecule has 0 radical (unpaired) electrons. The molecule has 2 fully saturated rings. The fourth-order valence-electron chi connectivity index (χ4n) is 3.70. The van der Waals surface area contributed by atoms with Crippen LogP contribution in [0.4, 0.5) is 4.79 Å². The number of rotatable bonds is 4. The molecule has 138 valence electrons. The number of hydrazine groups is 1. The molecule has 4 amide bonds. The van der Waals surface area contributed by atoms with Gasteiger partial charge in [-0.15, -0.1) is 0 Å². The van der Waals surface area contributed by atoms with Crippen LogP contribution in [0.5, 0.6) is 0 Å². The average Bonchev–Trinajstić information content (AvgIpc) is 2.91. The van der Waals surface area contributed by atoms with E-state index in [2.05, 4.69) is 5.43 Å². The third-order valence-electron chi connectivity index (χ3n) is 5.23. The Morgan fingerprint density at radius 2 is 1.67 bits per heavy atom. The van der Waals surface area contributed by atoms with Gasteiger partial charge in [-0.25, -0.2) is 9.80 Å². The molecule has 1 heterocycles. The van der Waals surface area contributed by atoms with Crippen molar-refractivity contribution in [3.8, 4) is 0 Å². The molecule has 2 aliphatic rings. The number of hydrogen-bond donors (Lipinski definition) is 1. The number of urea groups is 1. The van der Waals surface area contributed by atoms with Crippen LogP contribution in [0, 0.1) is 0 Å². The lowest BCUT2D eigenvalue weighted by Crippen LogP contribution is -2.55. The van der Waals surface area contributed by atoms with Gasteiger partial charge in [0.15, 0.2) is 0 Å². The average molecular weight is 384 g/mol. The molecule has 2 aromatic rings. The van der Waals surface area contributed by atoms with Gasteiger partial charge < -0.3 is 0 Å². The van der Waals surface area contributed by atoms with Gasteiger partial charge in [-0.2, -0.15) is 0 Å². The maximum Gasteiger partial charge on any atom is 0.346 e. The number of amides is 4. The van der Waals surface area contributed by atoms with E-state index < -0.39 is 17.5 Å². The van der Waals surface area contributed by atoms with E-state index in [1.165, 1.54) is 4.90 Å². The van der Waals surface area contributed by atoms with Crippen LogP contribution in [0.2, 0.25) is 5.02 Å². The Morgan fingerprint density at radius 3 is 2.26 bits per heavy atom. The summed E-state index contributed by atoms with van der Waals surface area (Å²) >= 11 is 5.98. The molecule has 0 spiro atoms. The van der Waals surface area contributed by atoms with E-state index in [0.29, 0.717) is 23.4 Å². The summed E-state index contributed by atoms with van der Waals surface area (Å²) in [5, 5.41) is 1.69. The minimum absolute atomic E-state index is 0.174. The maximum atomic E-state index is 13.0. The molecule has 4 rings (SSSR count). The highest BCUT2D eigenvalue weighted by Crippen LogP contribution is 2.48. The van der Waals surface area contributed by atoms with E-state index in [0.717, 1.165) is 17.0 Å². The standard InChI is InChI=1S/C20H18ClN3O3/c21-16-9-7-15(8-10-16)20(11-4-12-20)24-17(25)13-23(19(24)27)22-18(26)14-5-2-1-3-6-14/h1-3,5-10H,4,11-13H2,(H,22,26). The van der Waals surface area contributed by atoms with E-state index in [-0.39, 0.29) is 12.5 Å². The SMILES string of the molecule is O=C(NN1CC(=O)N(C2(c3ccc(Cl)cc3)CCC2)C1=O)c1ccccc1. The maximum absolute atomic E-state index is 13.0. The second-order valence-corrected chi connectivity index (χ2v) is 7.23. The Labute approximate surface area is 161 Å². The van der Waals surface area contributed by atoms with Crippen LogP contribution in [-0.2, 0) is 10.3 Å². The summed E-state index contributed by atoms with van der Waals surface area (Å²) in [6.45, 7) is -0.174. The third kappa shape index (κ3) is 2.96. The van der Waals surface area contributed by atoms with E-state index in [9.17, 15) is 14.4 Å². The predicted octanol–water partition coefficient (Wildman–Crippen LogP) is 3.33. The number of imide groups is 1. The molecule has 0 aromatic heterocycles. The number of carbonyl (C=O) groups is 3. The number of nitrogens with zero attached hydrogens (tertiary/aromatic N) is 2. The van der Waals surface area contributed by atoms with Gasteiger partial charge in [-0.3, -0.25) is 19.9 Å². The van der Waals surface area contributed by atoms with Crippen molar-refractivity contribution in [2.45, 2.75) is 24.8 Å². The number of benzene rings is 2. The Bertz CT molecular complexity index is 894. The smallest absolute Gasteiger partial charge is 0.272 e. The molecule has 2 aromatic carbocycles. The van der Waals surface area contributed by atoms with Gasteiger partial charge in [0.05, 0.1) is 5.54 Å². The fraction of sp³-hybridized carbons (Fsp3) is 0.250. The minimum atomic E-state index is -0.662. The van der Waals surface area contributed by atoms with Gasteiger partial charge in [-0.05, 0) is 49.1 Å². The Morgan fingerprint density at radius 1 is 1.00 bits per heavy atom. The first kappa shape index (κ1) is 17.5. The normalized spacial score (nSPS) is 18.4. The van der Waals surface area contributed by atoms with Crippen LogP contribution in [0.15, 0.2) is 54.6 Å². The van der Waals surface area contributed by atoms with Crippen LogP contribution < -0.4 is 5.43 Å². The highest BCUT2D eigenvalue weighted by molar-refractivity contribution is 6.30. The highest BCUT2D eigenvalue weighted by Gasteiger charge is 2.54. The van der Waals surface area contributed by atoms with E-state index >= 15 is 0 Å². The van der Waals surface area contributed by atoms with Crippen molar-refractivity contribution in [1.29, 1.82) is 0 Å². The topological polar surface area (TPSA) is 69.7 Å². The molecule has 27 heavy (non-hydrogen) atoms. The zero-order chi connectivity index (χ0) is 19.0. The molecule has 0 unspecified atom stereocenters. The summed E-state index contributed by atoms with van der Waals surface area (Å²) in [5.74, 6) is -0.740. The summed E-state index contributed by atoms with van der Waals surface area (Å²) in [5.41, 5.74) is 3.19. The Balaban J connectivity index is 1.57. The predicted molar refractivity (Wildman–Crippen MR) is 99.8 cm³/mol. The molecule has 7 heteroatoms. The van der Waals surface area contributed by atoms with Gasteiger partial charge >= 0.3 is 6.03 Å². The molecular formula is C20H18ClN3O3. The minimum Gasteiger partial charge on any atom is -0.272 e. The van der Waals surface area contributed by atoms with Crippen molar-refractivity contribution in [2.24, 2.45) is 0 Å². The number of hydrogen-bond acceptors (Lipinski definition) is 3. The first-order chi connectivity index (χ1) is 13.0. The van der Waals surface area contributed by atoms with Crippen LogP contribution in [0.1, 0.15) is 35.2 Å². The second-order valence-electron chi connectivity index (χ2n) is 6.80. The number of halogens is 1. The molecule has 1 N–H and O–H groups in total. The largest absolute Gasteiger partial charge is 0.346 e. The molecule has 1 saturated heterocycles. The Kier molecular flexibility index (Phi) is 4.36. The summed E-state index contributed by atoms with van der Waals surface area (Å²) in [6.07, 6.45) is 2.33. The van der Waals surface area contributed by atoms with Crippen molar-refractivity contribution >= 4 is 29.4 Å². The van der Waals surface area contributed by atoms with Gasteiger partial charge in [0.2, 0.25) is 0 Å². The van der Waals surface area contributed by atoms with Crippen LogP contribution >= 0.6 is 11.6 Å². The molecule has 6 nitrogen and oxygen atoms in total. The lowest BCUT2D eigenvalue weighted by molar-refractivity contribution is -0.132. The van der Waals surface area contributed by atoms with Crippen LogP contribution in [0.25, 0.3) is 0 Å². The Hall–Kier alpha value is -2.86. The first-order valence-electron chi connectivity index (χ1n) is 8.78. The fourth-order valence-corrected chi connectivity index (χ4v) is 3.83. The summed E-state index contributed by atoms with van der Waals surface area (Å²) in [4.78, 5) is 39.3. The van der Waals surface area contributed by atoms with E-state index in [1.54, 1.807) is 42.5 Å². The molecule has 0 atom stereocenters. The lowest BCUT2D eigenvalue weighted by Gasteiger charge is -2.47. The molecular weight excluding hydrogens is 366 g/mol. The van der Waals surface area contributed by atoms with Crippen molar-refractivity contribution in [1.82, 2.24) is 15.3 Å². The van der Waals surface area contributed by atoms with Gasteiger partial charge in [-0.1, -0.05) is 41.9 Å². The second kappa shape index (κ2) is 6.70. The zero-order valence-electron chi connectivity index (χ0n) is 14.5. The van der Waals surface area contributed by atoms with Crippen molar-refractivity contribution in [3.05, 3.63) is 70.7 Å². The van der Waals surface area contributed by atoms with Crippen molar-refractivity contribution < 1.29 is 14.4 Å². The zero-order valence-corrected chi connectivity index (χ0v) is 15.3. The van der Waals surface area contributed by atoms with Crippen molar-refractivity contribution in [3.63, 3.8) is 0 Å². The highest BCUT2D eigenvalue weighted by atomic mass is 35.5. The van der Waals surface area contributed by atoms with Gasteiger partial charge in [0.1, 0.15) is 6.54 Å². The lowest BCUT2D eigenvalue weighted by atomic mass is 9.70. The summed E-state index contributed by atoms with van der Waals surface area (Å²) in [6, 6.07) is 15.3. The number of carbonyl (C=O) groups excluding carboxylic acids is 3.